The smallest absolute Gasteiger partial charge is 0.431 e. The van der Waals surface area contributed by atoms with E-state index in [1.807, 2.05) is 13.8 Å². The van der Waals surface area contributed by atoms with E-state index in [0.29, 0.717) is 24.2 Å². The van der Waals surface area contributed by atoms with E-state index in [-0.39, 0.29) is 29.4 Å². The first kappa shape index (κ1) is 21.9. The summed E-state index contributed by atoms with van der Waals surface area (Å²) in [5.41, 5.74) is -0.727. The van der Waals surface area contributed by atoms with Gasteiger partial charge in [0.1, 0.15) is 35.1 Å². The minimum absolute atomic E-state index is 0.0587. The number of hydrogen-bond acceptors (Lipinski definition) is 5. The highest BCUT2D eigenvalue weighted by atomic mass is 19.4. The molecule has 2 atom stereocenters. The van der Waals surface area contributed by atoms with Crippen LogP contribution in [0.5, 0.6) is 5.75 Å². The Bertz CT molecular complexity index is 1180. The molecule has 6 nitrogen and oxygen atoms in total. The number of alkyl halides is 3. The van der Waals surface area contributed by atoms with E-state index in [0.717, 1.165) is 6.07 Å². The molecule has 2 unspecified atom stereocenters. The Kier molecular flexibility index (Phi) is 5.44. The van der Waals surface area contributed by atoms with Crippen molar-refractivity contribution in [1.82, 2.24) is 15.0 Å². The van der Waals surface area contributed by atoms with Crippen molar-refractivity contribution in [1.29, 1.82) is 5.26 Å². The number of nitriles is 1. The fourth-order valence-corrected chi connectivity index (χ4v) is 3.84. The van der Waals surface area contributed by atoms with Crippen molar-refractivity contribution in [2.75, 3.05) is 11.9 Å². The maximum atomic E-state index is 13.8. The van der Waals surface area contributed by atoms with Gasteiger partial charge in [0.15, 0.2) is 0 Å². The third-order valence-electron chi connectivity index (χ3n) is 5.70. The van der Waals surface area contributed by atoms with Crippen LogP contribution < -0.4 is 10.1 Å². The zero-order chi connectivity index (χ0) is 23.1. The second-order valence-corrected chi connectivity index (χ2v) is 8.57. The number of anilines is 1. The second kappa shape index (κ2) is 7.97. The number of nitrogens with zero attached hydrogens (tertiary/aromatic N) is 3. The number of rotatable bonds is 5. The van der Waals surface area contributed by atoms with Gasteiger partial charge in [0.2, 0.25) is 0 Å². The molecule has 10 heteroatoms. The molecule has 0 bridgehead atoms. The minimum atomic E-state index is -4.55. The van der Waals surface area contributed by atoms with Gasteiger partial charge in [-0.2, -0.15) is 18.4 Å². The quantitative estimate of drug-likeness (QED) is 0.497. The average molecular weight is 447 g/mol. The highest BCUT2D eigenvalue weighted by Crippen LogP contribution is 2.42. The van der Waals surface area contributed by atoms with Crippen LogP contribution in [-0.4, -0.2) is 21.6 Å². The summed E-state index contributed by atoms with van der Waals surface area (Å²) >= 11 is 0. The van der Waals surface area contributed by atoms with Crippen LogP contribution in [0.25, 0.3) is 11.0 Å². The Balaban J connectivity index is 1.71. The van der Waals surface area contributed by atoms with Crippen LogP contribution in [0, 0.1) is 28.5 Å². The first-order chi connectivity index (χ1) is 15.1. The maximum Gasteiger partial charge on any atom is 0.431 e. The van der Waals surface area contributed by atoms with Gasteiger partial charge in [-0.05, 0) is 38.8 Å². The number of halogens is 4. The first-order valence-electron chi connectivity index (χ1n) is 10.1. The van der Waals surface area contributed by atoms with Crippen molar-refractivity contribution in [3.05, 3.63) is 47.7 Å². The number of aromatic amines is 1. The summed E-state index contributed by atoms with van der Waals surface area (Å²) in [4.78, 5) is 10.4. The molecule has 0 fully saturated rings. The molecule has 0 saturated heterocycles. The van der Waals surface area contributed by atoms with Gasteiger partial charge in [-0.1, -0.05) is 6.07 Å². The summed E-state index contributed by atoms with van der Waals surface area (Å²) in [6.07, 6.45) is -2.16. The fourth-order valence-electron chi connectivity index (χ4n) is 3.84. The molecule has 1 aliphatic rings. The summed E-state index contributed by atoms with van der Waals surface area (Å²) in [5, 5.41) is 12.8. The molecule has 0 spiro atoms. The van der Waals surface area contributed by atoms with Crippen LogP contribution in [-0.2, 0) is 6.18 Å². The number of fused-ring (bicyclic) bond motifs is 2. The number of hydrogen-bond donors (Lipinski definition) is 2. The zero-order valence-electron chi connectivity index (χ0n) is 17.4. The number of H-pyrrole nitrogens is 1. The van der Waals surface area contributed by atoms with E-state index in [4.69, 9.17) is 4.74 Å². The summed E-state index contributed by atoms with van der Waals surface area (Å²) < 4.78 is 59.1. The van der Waals surface area contributed by atoms with Crippen LogP contribution in [0.4, 0.5) is 23.4 Å². The van der Waals surface area contributed by atoms with Crippen molar-refractivity contribution in [3.8, 4) is 11.8 Å². The average Bonchev–Trinajstić information content (AvgIpc) is 3.19. The highest BCUT2D eigenvalue weighted by Gasteiger charge is 2.35. The predicted molar refractivity (Wildman–Crippen MR) is 109 cm³/mol. The number of aromatic nitrogens is 3. The van der Waals surface area contributed by atoms with Crippen molar-refractivity contribution >= 4 is 16.9 Å². The summed E-state index contributed by atoms with van der Waals surface area (Å²) in [6, 6.07) is 7.03. The van der Waals surface area contributed by atoms with Crippen LogP contribution in [0.2, 0.25) is 0 Å². The van der Waals surface area contributed by atoms with Crippen molar-refractivity contribution < 1.29 is 22.3 Å². The van der Waals surface area contributed by atoms with E-state index in [9.17, 15) is 22.8 Å². The van der Waals surface area contributed by atoms with Crippen molar-refractivity contribution in [3.63, 3.8) is 0 Å². The van der Waals surface area contributed by atoms with Crippen LogP contribution in [0.3, 0.4) is 0 Å². The van der Waals surface area contributed by atoms with Crippen molar-refractivity contribution in [2.45, 2.75) is 38.9 Å². The first-order valence-corrected chi connectivity index (χ1v) is 10.1. The van der Waals surface area contributed by atoms with E-state index >= 15 is 0 Å². The molecule has 168 valence electrons. The molecule has 3 heterocycles. The lowest BCUT2D eigenvalue weighted by molar-refractivity contribution is -0.140. The summed E-state index contributed by atoms with van der Waals surface area (Å²) in [7, 11) is 0. The standard InChI is InChI=1S/C22H21F4N5O/c1-21(2,10-27)6-5-12-9-32-16-7-13(23)3-4-14(16)18(12)31-20-15-8-17(22(24,25)26)30-19(15)28-11-29-20/h3-4,7-8,11-12,18H,5-6,9H2,1-2H3,(H2,28,29,30,31). The number of benzene rings is 1. The molecule has 1 aliphatic heterocycles. The third-order valence-corrected chi connectivity index (χ3v) is 5.70. The SMILES string of the molecule is CC(C)(C#N)CCC1COc2cc(F)ccc2C1Nc1ncnc2[nH]c(C(F)(F)F)cc12. The van der Waals surface area contributed by atoms with E-state index < -0.39 is 29.1 Å². The van der Waals surface area contributed by atoms with Gasteiger partial charge in [0, 0.05) is 17.5 Å². The van der Waals surface area contributed by atoms with E-state index in [1.165, 1.54) is 18.5 Å². The Labute approximate surface area is 181 Å². The van der Waals surface area contributed by atoms with Gasteiger partial charge in [-0.15, -0.1) is 0 Å². The predicted octanol–water partition coefficient (Wildman–Crippen LogP) is 5.61. The van der Waals surface area contributed by atoms with Gasteiger partial charge in [0.05, 0.1) is 29.5 Å². The lowest BCUT2D eigenvalue weighted by Crippen LogP contribution is -2.32. The highest BCUT2D eigenvalue weighted by molar-refractivity contribution is 5.88. The van der Waals surface area contributed by atoms with E-state index in [1.54, 1.807) is 6.07 Å². The molecule has 4 rings (SSSR count). The molecular weight excluding hydrogens is 426 g/mol. The second-order valence-electron chi connectivity index (χ2n) is 8.57. The van der Waals surface area contributed by atoms with E-state index in [2.05, 4.69) is 26.3 Å². The van der Waals surface area contributed by atoms with Gasteiger partial charge in [0.25, 0.3) is 0 Å². The molecule has 3 aromatic rings. The van der Waals surface area contributed by atoms with Crippen molar-refractivity contribution in [2.24, 2.45) is 11.3 Å². The van der Waals surface area contributed by atoms with Crippen LogP contribution >= 0.6 is 0 Å². The molecule has 2 N–H and O–H groups in total. The minimum Gasteiger partial charge on any atom is -0.493 e. The fraction of sp³-hybridized carbons (Fsp3) is 0.409. The largest absolute Gasteiger partial charge is 0.493 e. The van der Waals surface area contributed by atoms with Gasteiger partial charge >= 0.3 is 6.18 Å². The lowest BCUT2D eigenvalue weighted by atomic mass is 9.81. The molecule has 0 radical (unpaired) electrons. The molecule has 1 aromatic carbocycles. The summed E-state index contributed by atoms with van der Waals surface area (Å²) in [5.74, 6) is 0.0326. The maximum absolute atomic E-state index is 13.8. The van der Waals surface area contributed by atoms with Crippen LogP contribution in [0.1, 0.15) is 44.0 Å². The molecule has 2 aromatic heterocycles. The Hall–Kier alpha value is -3.35. The number of ether oxygens (including phenoxy) is 1. The molecule has 32 heavy (non-hydrogen) atoms. The zero-order valence-corrected chi connectivity index (χ0v) is 17.4. The number of nitrogens with one attached hydrogen (secondary N) is 2. The normalized spacial score (nSPS) is 18.7. The Morgan fingerprint density at radius 3 is 2.75 bits per heavy atom. The van der Waals surface area contributed by atoms with Gasteiger partial charge in [-0.3, -0.25) is 0 Å². The topological polar surface area (TPSA) is 86.6 Å². The Morgan fingerprint density at radius 1 is 1.25 bits per heavy atom. The molecule has 0 saturated carbocycles. The summed E-state index contributed by atoms with van der Waals surface area (Å²) in [6.45, 7) is 3.95. The molecule has 0 aliphatic carbocycles. The van der Waals surface area contributed by atoms with Gasteiger partial charge in [-0.25, -0.2) is 14.4 Å². The lowest BCUT2D eigenvalue weighted by Gasteiger charge is -2.35. The third kappa shape index (κ3) is 4.33. The van der Waals surface area contributed by atoms with Crippen LogP contribution in [0.15, 0.2) is 30.6 Å². The Morgan fingerprint density at radius 2 is 2.03 bits per heavy atom. The molecular formula is C22H21F4N5O. The molecule has 0 amide bonds. The monoisotopic (exact) mass is 447 g/mol. The van der Waals surface area contributed by atoms with Gasteiger partial charge < -0.3 is 15.0 Å².